The van der Waals surface area contributed by atoms with Crippen LogP contribution in [0.2, 0.25) is 18.1 Å². The molecule has 72 valence electrons. The molecule has 0 amide bonds. The van der Waals surface area contributed by atoms with E-state index in [0.29, 0.717) is 0 Å². The van der Waals surface area contributed by atoms with Crippen molar-refractivity contribution < 1.29 is 4.11 Å². The fourth-order valence-corrected chi connectivity index (χ4v) is 2.94. The second-order valence-electron chi connectivity index (χ2n) is 4.45. The SMILES string of the molecule is CC(C)(C#N)C(C)(C#N)[Si](C)(C)F. The molecule has 0 aromatic heterocycles. The van der Waals surface area contributed by atoms with E-state index in [1.54, 1.807) is 20.8 Å². The van der Waals surface area contributed by atoms with Gasteiger partial charge >= 0.3 is 0 Å². The summed E-state index contributed by atoms with van der Waals surface area (Å²) in [6, 6.07) is 3.99. The van der Waals surface area contributed by atoms with E-state index in [0.717, 1.165) is 0 Å². The fraction of sp³-hybridized carbons (Fsp3) is 0.778. The van der Waals surface area contributed by atoms with E-state index in [1.165, 1.54) is 13.1 Å². The number of nitrogens with zero attached hydrogens (tertiary/aromatic N) is 2. The maximum absolute atomic E-state index is 13.9. The molecule has 0 fully saturated rings. The highest BCUT2D eigenvalue weighted by molar-refractivity contribution is 6.74. The minimum Gasteiger partial charge on any atom is -0.313 e. The molecule has 4 heteroatoms. The van der Waals surface area contributed by atoms with Crippen LogP contribution in [0, 0.1) is 28.1 Å². The summed E-state index contributed by atoms with van der Waals surface area (Å²) in [5.41, 5.74) is -0.938. The highest BCUT2D eigenvalue weighted by Gasteiger charge is 2.55. The Morgan fingerprint density at radius 2 is 1.46 bits per heavy atom. The van der Waals surface area contributed by atoms with Crippen LogP contribution < -0.4 is 0 Å². The molecule has 0 heterocycles. The largest absolute Gasteiger partial charge is 0.313 e. The van der Waals surface area contributed by atoms with Gasteiger partial charge in [0.2, 0.25) is 0 Å². The van der Waals surface area contributed by atoms with Crippen molar-refractivity contribution in [2.75, 3.05) is 0 Å². The predicted molar refractivity (Wildman–Crippen MR) is 52.0 cm³/mol. The molecule has 13 heavy (non-hydrogen) atoms. The Hall–Kier alpha value is -0.873. The van der Waals surface area contributed by atoms with Crippen LogP contribution in [0.1, 0.15) is 20.8 Å². The summed E-state index contributed by atoms with van der Waals surface area (Å²) in [4.78, 5) is 0. The third-order valence-corrected chi connectivity index (χ3v) is 6.06. The Morgan fingerprint density at radius 3 is 1.54 bits per heavy atom. The van der Waals surface area contributed by atoms with Crippen LogP contribution in [0.25, 0.3) is 0 Å². The summed E-state index contributed by atoms with van der Waals surface area (Å²) in [5, 5.41) is 16.7. The first-order valence-electron chi connectivity index (χ1n) is 4.14. The number of rotatable bonds is 2. The van der Waals surface area contributed by atoms with E-state index in [-0.39, 0.29) is 0 Å². The standard InChI is InChI=1S/C9H15FN2Si/c1-8(2,6-11)9(3,7-12)13(4,5)10/h1-5H3. The minimum absolute atomic E-state index is 0.938. The summed E-state index contributed by atoms with van der Waals surface area (Å²) >= 11 is 0. The molecule has 0 saturated heterocycles. The number of hydrogen-bond donors (Lipinski definition) is 0. The lowest BCUT2D eigenvalue weighted by Gasteiger charge is -2.38. The third-order valence-electron chi connectivity index (χ3n) is 2.94. The highest BCUT2D eigenvalue weighted by atomic mass is 28.4. The zero-order chi connectivity index (χ0) is 10.9. The first-order chi connectivity index (χ1) is 5.62. The van der Waals surface area contributed by atoms with Crippen molar-refractivity contribution in [3.05, 3.63) is 0 Å². The van der Waals surface area contributed by atoms with Crippen LogP contribution in [-0.4, -0.2) is 8.41 Å². The van der Waals surface area contributed by atoms with Crippen LogP contribution in [0.5, 0.6) is 0 Å². The summed E-state index contributed by atoms with van der Waals surface area (Å²) in [6.45, 7) is 7.71. The zero-order valence-electron chi connectivity index (χ0n) is 8.77. The normalized spacial score (nSPS) is 16.9. The average molecular weight is 198 g/mol. The van der Waals surface area contributed by atoms with Crippen molar-refractivity contribution in [3.8, 4) is 12.1 Å². The summed E-state index contributed by atoms with van der Waals surface area (Å²) < 4.78 is 13.9. The zero-order valence-corrected chi connectivity index (χ0v) is 9.77. The maximum atomic E-state index is 13.9. The first kappa shape index (κ1) is 12.1. The van der Waals surface area contributed by atoms with Gasteiger partial charge in [-0.05, 0) is 33.9 Å². The average Bonchev–Trinajstić information content (AvgIpc) is 2.00. The van der Waals surface area contributed by atoms with Gasteiger partial charge in [-0.2, -0.15) is 10.5 Å². The smallest absolute Gasteiger partial charge is 0.262 e. The molecule has 0 bridgehead atoms. The van der Waals surface area contributed by atoms with E-state index in [4.69, 9.17) is 10.5 Å². The minimum atomic E-state index is -3.15. The topological polar surface area (TPSA) is 47.6 Å². The van der Waals surface area contributed by atoms with Crippen molar-refractivity contribution >= 4 is 8.41 Å². The van der Waals surface area contributed by atoms with Crippen molar-refractivity contribution in [3.63, 3.8) is 0 Å². The lowest BCUT2D eigenvalue weighted by Crippen LogP contribution is -2.44. The number of hydrogen-bond acceptors (Lipinski definition) is 2. The van der Waals surface area contributed by atoms with Crippen LogP contribution in [0.4, 0.5) is 4.11 Å². The molecular formula is C9H15FN2Si. The van der Waals surface area contributed by atoms with E-state index in [1.807, 2.05) is 12.1 Å². The monoisotopic (exact) mass is 198 g/mol. The molecule has 0 aromatic carbocycles. The van der Waals surface area contributed by atoms with Gasteiger partial charge < -0.3 is 4.11 Å². The first-order valence-corrected chi connectivity index (χ1v) is 7.01. The molecule has 0 spiro atoms. The van der Waals surface area contributed by atoms with Crippen molar-refractivity contribution in [2.24, 2.45) is 5.41 Å². The summed E-state index contributed by atoms with van der Waals surface area (Å²) in [7, 11) is -3.15. The predicted octanol–water partition coefficient (Wildman–Crippen LogP) is 2.99. The highest BCUT2D eigenvalue weighted by Crippen LogP contribution is 2.52. The Labute approximate surface area is 80.2 Å². The third kappa shape index (κ3) is 1.73. The molecule has 2 nitrogen and oxygen atoms in total. The van der Waals surface area contributed by atoms with Gasteiger partial charge in [-0.1, -0.05) is 0 Å². The molecule has 0 radical (unpaired) electrons. The van der Waals surface area contributed by atoms with Crippen LogP contribution in [-0.2, 0) is 0 Å². The van der Waals surface area contributed by atoms with E-state index >= 15 is 0 Å². The molecule has 0 N–H and O–H groups in total. The molecular weight excluding hydrogens is 183 g/mol. The molecule has 0 aliphatic heterocycles. The second-order valence-corrected chi connectivity index (χ2v) is 8.39. The number of halogens is 1. The molecule has 0 rings (SSSR count). The number of nitriles is 2. The van der Waals surface area contributed by atoms with Crippen molar-refractivity contribution in [1.82, 2.24) is 0 Å². The quantitative estimate of drug-likeness (QED) is 0.506. The van der Waals surface area contributed by atoms with Crippen LogP contribution in [0.3, 0.4) is 0 Å². The van der Waals surface area contributed by atoms with Gasteiger partial charge in [-0.3, -0.25) is 0 Å². The Kier molecular flexibility index (Phi) is 2.91. The Morgan fingerprint density at radius 1 is 1.08 bits per heavy atom. The van der Waals surface area contributed by atoms with Gasteiger partial charge in [-0.25, -0.2) is 0 Å². The maximum Gasteiger partial charge on any atom is 0.262 e. The van der Waals surface area contributed by atoms with Gasteiger partial charge in [0.1, 0.15) is 0 Å². The fourth-order valence-electron chi connectivity index (χ4n) is 1.13. The lowest BCUT2D eigenvalue weighted by atomic mass is 9.81. The van der Waals surface area contributed by atoms with Gasteiger partial charge in [0.05, 0.1) is 22.6 Å². The van der Waals surface area contributed by atoms with E-state index < -0.39 is 18.9 Å². The summed E-state index contributed by atoms with van der Waals surface area (Å²) in [6.07, 6.45) is 0. The molecule has 0 aliphatic carbocycles. The van der Waals surface area contributed by atoms with Crippen molar-refractivity contribution in [2.45, 2.75) is 38.9 Å². The Balaban J connectivity index is 5.39. The molecule has 1 unspecified atom stereocenters. The van der Waals surface area contributed by atoms with E-state index in [2.05, 4.69) is 0 Å². The lowest BCUT2D eigenvalue weighted by molar-refractivity contribution is 0.375. The van der Waals surface area contributed by atoms with Gasteiger partial charge in [0, 0.05) is 0 Å². The molecule has 0 aromatic rings. The molecule has 0 saturated carbocycles. The molecule has 1 atom stereocenters. The van der Waals surface area contributed by atoms with Gasteiger partial charge in [0.15, 0.2) is 0 Å². The van der Waals surface area contributed by atoms with Gasteiger partial charge in [-0.15, -0.1) is 0 Å². The summed E-state index contributed by atoms with van der Waals surface area (Å²) in [5.74, 6) is 0. The van der Waals surface area contributed by atoms with Crippen LogP contribution in [0.15, 0.2) is 0 Å². The van der Waals surface area contributed by atoms with E-state index in [9.17, 15) is 4.11 Å². The van der Waals surface area contributed by atoms with Crippen molar-refractivity contribution in [1.29, 1.82) is 10.5 Å². The van der Waals surface area contributed by atoms with Gasteiger partial charge in [0.25, 0.3) is 8.41 Å². The van der Waals surface area contributed by atoms with Crippen LogP contribution >= 0.6 is 0 Å². The molecule has 0 aliphatic rings. The Bertz CT molecular complexity index is 279. The second kappa shape index (κ2) is 3.12.